The lowest BCUT2D eigenvalue weighted by atomic mass is 10.3. The Morgan fingerprint density at radius 1 is 1.15 bits per heavy atom. The van der Waals surface area contributed by atoms with Crippen molar-refractivity contribution < 1.29 is 13.2 Å². The van der Waals surface area contributed by atoms with Crippen LogP contribution in [-0.4, -0.2) is 49.8 Å². The number of carbonyl (C=O) groups excluding carboxylic acids is 1. The van der Waals surface area contributed by atoms with Crippen LogP contribution in [0.4, 0.5) is 0 Å². The Hall–Kier alpha value is -1.35. The lowest BCUT2D eigenvalue weighted by Crippen LogP contribution is -2.34. The van der Waals surface area contributed by atoms with Gasteiger partial charge in [0, 0.05) is 19.3 Å². The van der Waals surface area contributed by atoms with Gasteiger partial charge in [0.1, 0.15) is 18.1 Å². The van der Waals surface area contributed by atoms with Gasteiger partial charge in [0.05, 0.1) is 11.0 Å². The Kier molecular flexibility index (Phi) is 10.8. The van der Waals surface area contributed by atoms with Gasteiger partial charge in [-0.1, -0.05) is 19.1 Å². The molecule has 0 radical (unpaired) electrons. The SMILES string of the molecule is CCCNCCNC(=O)Cn1c(CS(C)(=O)=O)nc2ccccc21.Cl.Cl. The second-order valence-corrected chi connectivity index (χ2v) is 7.91. The van der Waals surface area contributed by atoms with Crippen molar-refractivity contribution in [1.29, 1.82) is 0 Å². The molecule has 0 unspecified atom stereocenters. The van der Waals surface area contributed by atoms with Crippen LogP contribution >= 0.6 is 24.8 Å². The van der Waals surface area contributed by atoms with Crippen LogP contribution in [0.1, 0.15) is 19.2 Å². The second-order valence-electron chi connectivity index (χ2n) is 5.77. The average Bonchev–Trinajstić information content (AvgIpc) is 2.83. The minimum absolute atomic E-state index is 0. The summed E-state index contributed by atoms with van der Waals surface area (Å²) in [4.78, 5) is 16.5. The van der Waals surface area contributed by atoms with E-state index in [4.69, 9.17) is 0 Å². The van der Waals surface area contributed by atoms with Crippen LogP contribution in [0.5, 0.6) is 0 Å². The number of aromatic nitrogens is 2. The predicted molar refractivity (Wildman–Crippen MR) is 109 cm³/mol. The van der Waals surface area contributed by atoms with Gasteiger partial charge in [-0.25, -0.2) is 13.4 Å². The van der Waals surface area contributed by atoms with Crippen LogP contribution in [0.15, 0.2) is 24.3 Å². The van der Waals surface area contributed by atoms with E-state index >= 15 is 0 Å². The van der Waals surface area contributed by atoms with Crippen LogP contribution in [-0.2, 0) is 26.9 Å². The summed E-state index contributed by atoms with van der Waals surface area (Å²) < 4.78 is 24.9. The zero-order chi connectivity index (χ0) is 17.6. The lowest BCUT2D eigenvalue weighted by molar-refractivity contribution is -0.121. The topological polar surface area (TPSA) is 93.1 Å². The molecule has 1 aromatic heterocycles. The Balaban J connectivity index is 0.00000312. The number of benzene rings is 1. The number of nitrogens with one attached hydrogen (secondary N) is 2. The summed E-state index contributed by atoms with van der Waals surface area (Å²) in [5, 5.41) is 6.04. The van der Waals surface area contributed by atoms with E-state index in [9.17, 15) is 13.2 Å². The molecule has 1 heterocycles. The van der Waals surface area contributed by atoms with Gasteiger partial charge in [0.15, 0.2) is 9.84 Å². The highest BCUT2D eigenvalue weighted by Gasteiger charge is 2.17. The first-order valence-corrected chi connectivity index (χ1v) is 10.1. The summed E-state index contributed by atoms with van der Waals surface area (Å²) in [6.45, 7) is 4.30. The molecule has 0 fully saturated rings. The fraction of sp³-hybridized carbons (Fsp3) is 0.500. The van der Waals surface area contributed by atoms with Crippen LogP contribution < -0.4 is 10.6 Å². The van der Waals surface area contributed by atoms with Crippen molar-refractivity contribution in [3.63, 3.8) is 0 Å². The molecular weight excluding hydrogens is 399 g/mol. The molecule has 1 aromatic carbocycles. The zero-order valence-corrected chi connectivity index (χ0v) is 17.3. The van der Waals surface area contributed by atoms with E-state index in [-0.39, 0.29) is 43.0 Å². The van der Waals surface area contributed by atoms with Gasteiger partial charge in [0.2, 0.25) is 5.91 Å². The molecule has 1 amide bonds. The molecular formula is C16H26Cl2N4O3S. The van der Waals surface area contributed by atoms with Crippen LogP contribution in [0, 0.1) is 0 Å². The summed E-state index contributed by atoms with van der Waals surface area (Å²) in [5.74, 6) is 0.0386. The maximum Gasteiger partial charge on any atom is 0.240 e. The van der Waals surface area contributed by atoms with Gasteiger partial charge in [-0.05, 0) is 25.1 Å². The number of nitrogens with zero attached hydrogens (tertiary/aromatic N) is 2. The minimum atomic E-state index is -3.24. The first-order chi connectivity index (χ1) is 11.4. The first-order valence-electron chi connectivity index (χ1n) is 8.00. The molecule has 0 aliphatic rings. The maximum absolute atomic E-state index is 12.2. The third-order valence-electron chi connectivity index (χ3n) is 3.48. The molecule has 0 aliphatic heterocycles. The molecule has 2 rings (SSSR count). The standard InChI is InChI=1S/C16H24N4O3S.2ClH/c1-3-8-17-9-10-18-16(21)11-20-14-7-5-4-6-13(14)19-15(20)12-24(2,22)23;;/h4-7,17H,3,8-12H2,1-2H3,(H,18,21);2*1H. The summed E-state index contributed by atoms with van der Waals surface area (Å²) in [6, 6.07) is 7.33. The van der Waals surface area contributed by atoms with Crippen molar-refractivity contribution in [1.82, 2.24) is 20.2 Å². The van der Waals surface area contributed by atoms with Gasteiger partial charge in [0.25, 0.3) is 0 Å². The molecule has 0 saturated carbocycles. The number of sulfone groups is 1. The van der Waals surface area contributed by atoms with Crippen molar-refractivity contribution in [2.45, 2.75) is 25.6 Å². The number of amides is 1. The molecule has 26 heavy (non-hydrogen) atoms. The number of hydrogen-bond donors (Lipinski definition) is 2. The second kappa shape index (κ2) is 11.4. The molecule has 0 atom stereocenters. The Bertz CT molecular complexity index is 809. The molecule has 0 spiro atoms. The van der Waals surface area contributed by atoms with Gasteiger partial charge >= 0.3 is 0 Å². The minimum Gasteiger partial charge on any atom is -0.353 e. The average molecular weight is 425 g/mol. The van der Waals surface area contributed by atoms with Gasteiger partial charge in [-0.3, -0.25) is 4.79 Å². The zero-order valence-electron chi connectivity index (χ0n) is 14.9. The molecule has 0 saturated heterocycles. The largest absolute Gasteiger partial charge is 0.353 e. The number of para-hydroxylation sites is 2. The lowest BCUT2D eigenvalue weighted by Gasteiger charge is -2.10. The number of hydrogen-bond acceptors (Lipinski definition) is 5. The highest BCUT2D eigenvalue weighted by atomic mass is 35.5. The number of rotatable bonds is 9. The maximum atomic E-state index is 12.2. The summed E-state index contributed by atoms with van der Waals surface area (Å²) >= 11 is 0. The fourth-order valence-corrected chi connectivity index (χ4v) is 3.13. The molecule has 0 aliphatic carbocycles. The van der Waals surface area contributed by atoms with E-state index in [0.29, 0.717) is 24.4 Å². The fourth-order valence-electron chi connectivity index (χ4n) is 2.44. The van der Waals surface area contributed by atoms with E-state index in [1.807, 2.05) is 24.3 Å². The number of halogens is 2. The summed E-state index contributed by atoms with van der Waals surface area (Å²) in [6.07, 6.45) is 2.21. The molecule has 10 heteroatoms. The molecule has 2 aromatic rings. The highest BCUT2D eigenvalue weighted by Crippen LogP contribution is 2.17. The third kappa shape index (κ3) is 7.49. The summed E-state index contributed by atoms with van der Waals surface area (Å²) in [5.41, 5.74) is 1.45. The Morgan fingerprint density at radius 2 is 1.85 bits per heavy atom. The third-order valence-corrected chi connectivity index (χ3v) is 4.26. The summed E-state index contributed by atoms with van der Waals surface area (Å²) in [7, 11) is -3.24. The number of carbonyl (C=O) groups is 1. The monoisotopic (exact) mass is 424 g/mol. The van der Waals surface area contributed by atoms with Gasteiger partial charge in [-0.15, -0.1) is 24.8 Å². The quantitative estimate of drug-likeness (QED) is 0.595. The molecule has 2 N–H and O–H groups in total. The predicted octanol–water partition coefficient (Wildman–Crippen LogP) is 1.54. The number of fused-ring (bicyclic) bond motifs is 1. The van der Waals surface area contributed by atoms with Crippen molar-refractivity contribution >= 4 is 51.6 Å². The van der Waals surface area contributed by atoms with Gasteiger partial charge in [-0.2, -0.15) is 0 Å². The van der Waals surface area contributed by atoms with Crippen LogP contribution in [0.3, 0.4) is 0 Å². The van der Waals surface area contributed by atoms with Crippen molar-refractivity contribution in [2.75, 3.05) is 25.9 Å². The molecule has 148 valence electrons. The van der Waals surface area contributed by atoms with E-state index in [2.05, 4.69) is 22.5 Å². The van der Waals surface area contributed by atoms with Crippen molar-refractivity contribution in [3.8, 4) is 0 Å². The van der Waals surface area contributed by atoms with E-state index < -0.39 is 9.84 Å². The van der Waals surface area contributed by atoms with Crippen molar-refractivity contribution in [3.05, 3.63) is 30.1 Å². The van der Waals surface area contributed by atoms with E-state index in [1.54, 1.807) is 4.57 Å². The van der Waals surface area contributed by atoms with E-state index in [1.165, 1.54) is 0 Å². The highest BCUT2D eigenvalue weighted by molar-refractivity contribution is 7.89. The molecule has 0 bridgehead atoms. The first kappa shape index (κ1) is 24.7. The normalized spacial score (nSPS) is 10.8. The Morgan fingerprint density at radius 3 is 2.50 bits per heavy atom. The van der Waals surface area contributed by atoms with Crippen molar-refractivity contribution in [2.24, 2.45) is 0 Å². The van der Waals surface area contributed by atoms with Gasteiger partial charge < -0.3 is 15.2 Å². The smallest absolute Gasteiger partial charge is 0.240 e. The van der Waals surface area contributed by atoms with Crippen LogP contribution in [0.2, 0.25) is 0 Å². The molecule has 7 nitrogen and oxygen atoms in total. The Labute approximate surface area is 166 Å². The van der Waals surface area contributed by atoms with Crippen LogP contribution in [0.25, 0.3) is 11.0 Å². The van der Waals surface area contributed by atoms with E-state index in [0.717, 1.165) is 24.7 Å². The number of imidazole rings is 1.